The number of carboxylic acids is 2. The number of aliphatic carboxylic acids is 2. The predicted octanol–water partition coefficient (Wildman–Crippen LogP) is -6.33. The molecule has 0 aliphatic carbocycles. The molecule has 7 nitrogen and oxygen atoms in total. The Hall–Kier alpha value is -0.873. The van der Waals surface area contributed by atoms with E-state index in [4.69, 9.17) is 0 Å². The summed E-state index contributed by atoms with van der Waals surface area (Å²) < 4.78 is 0.154. The van der Waals surface area contributed by atoms with E-state index in [1.54, 1.807) is 21.1 Å². The summed E-state index contributed by atoms with van der Waals surface area (Å²) in [7, 11) is 5.02. The van der Waals surface area contributed by atoms with Gasteiger partial charge in [0.15, 0.2) is 11.4 Å². The number of carboxylic acid groups (broad SMARTS) is 2. The number of likely N-dealkylation sites (N-methyl/N-ethyl adjacent to an activating group) is 1. The van der Waals surface area contributed by atoms with Crippen LogP contribution in [0.2, 0.25) is 0 Å². The van der Waals surface area contributed by atoms with Crippen molar-refractivity contribution in [2.75, 3.05) is 27.7 Å². The molecule has 0 aliphatic rings. The van der Waals surface area contributed by atoms with Gasteiger partial charge in [-0.3, -0.25) is 4.79 Å². The molecule has 0 saturated carbocycles. The van der Waals surface area contributed by atoms with Crippen molar-refractivity contribution in [1.29, 1.82) is 0 Å². The van der Waals surface area contributed by atoms with Gasteiger partial charge in [0, 0.05) is 24.8 Å². The number of quaternary nitrogens is 1. The van der Waals surface area contributed by atoms with Crippen molar-refractivity contribution in [2.24, 2.45) is 0 Å². The summed E-state index contributed by atoms with van der Waals surface area (Å²) in [6, 6.07) is 0. The van der Waals surface area contributed by atoms with E-state index in [0.717, 1.165) is 0 Å². The summed E-state index contributed by atoms with van der Waals surface area (Å²) in [4.78, 5) is 32.6. The van der Waals surface area contributed by atoms with Gasteiger partial charge in [0.1, 0.15) is 6.54 Å². The minimum atomic E-state index is -2.12. The molecule has 0 rings (SSSR count). The average molecular weight is 267 g/mol. The van der Waals surface area contributed by atoms with Gasteiger partial charge in [-0.2, -0.15) is 0 Å². The molecular weight excluding hydrogens is 249 g/mol. The number of hydrogen-bond donors (Lipinski definition) is 1. The van der Waals surface area contributed by atoms with Gasteiger partial charge < -0.3 is 29.4 Å². The van der Waals surface area contributed by atoms with Gasteiger partial charge in [0.25, 0.3) is 0 Å². The molecule has 1 atom stereocenters. The van der Waals surface area contributed by atoms with Crippen molar-refractivity contribution in [3.8, 4) is 0 Å². The molecule has 0 aromatic rings. The van der Waals surface area contributed by atoms with Crippen molar-refractivity contribution in [2.45, 2.75) is 24.9 Å². The number of hydrogen-bond acceptors (Lipinski definition) is 6. The second kappa shape index (κ2) is 7.65. The first-order valence-electron chi connectivity index (χ1n) is 5.42. The van der Waals surface area contributed by atoms with E-state index >= 15 is 0 Å². The third kappa shape index (κ3) is 8.78. The van der Waals surface area contributed by atoms with Gasteiger partial charge in [-0.05, 0) is 6.42 Å². The number of carbonyl (C=O) groups excluding carboxylic acids is 3. The first-order valence-corrected chi connectivity index (χ1v) is 5.42. The van der Waals surface area contributed by atoms with Crippen LogP contribution in [-0.4, -0.2) is 60.6 Å². The topological polar surface area (TPSA) is 118 Å². The number of ketones is 1. The largest absolute Gasteiger partial charge is 1.00 e. The Balaban J connectivity index is 0. The zero-order valence-corrected chi connectivity index (χ0v) is 11.8. The van der Waals surface area contributed by atoms with Crippen molar-refractivity contribution in [3.05, 3.63) is 0 Å². The Morgan fingerprint density at radius 1 is 1.05 bits per heavy atom. The van der Waals surface area contributed by atoms with Crippen molar-refractivity contribution < 1.29 is 53.0 Å². The molecule has 0 amide bonds. The van der Waals surface area contributed by atoms with Gasteiger partial charge in [0.2, 0.25) is 0 Å². The molecule has 104 valence electrons. The maximum atomic E-state index is 11.7. The predicted molar refractivity (Wildman–Crippen MR) is 56.7 cm³/mol. The molecule has 0 saturated heterocycles. The minimum absolute atomic E-state index is 0. The molecule has 0 radical (unpaired) electrons. The van der Waals surface area contributed by atoms with E-state index in [1.807, 2.05) is 0 Å². The smallest absolute Gasteiger partial charge is 0.550 e. The van der Waals surface area contributed by atoms with Gasteiger partial charge in [-0.15, -0.1) is 0 Å². The van der Waals surface area contributed by atoms with Crippen molar-refractivity contribution in [1.82, 2.24) is 0 Å². The zero-order chi connectivity index (χ0) is 14.6. The Bertz CT molecular complexity index is 352. The Kier molecular flexibility index (Phi) is 8.23. The molecule has 0 heterocycles. The van der Waals surface area contributed by atoms with Crippen molar-refractivity contribution >= 4 is 17.7 Å². The fourth-order valence-corrected chi connectivity index (χ4v) is 1.71. The van der Waals surface area contributed by atoms with Crippen LogP contribution in [0.15, 0.2) is 0 Å². The van der Waals surface area contributed by atoms with Gasteiger partial charge in [0.05, 0.1) is 21.1 Å². The second-order valence-corrected chi connectivity index (χ2v) is 5.32. The third-order valence-corrected chi connectivity index (χ3v) is 2.25. The van der Waals surface area contributed by atoms with Crippen LogP contribution in [0.3, 0.4) is 0 Å². The molecule has 0 aromatic carbocycles. The zero-order valence-electron chi connectivity index (χ0n) is 11.8. The van der Waals surface area contributed by atoms with Gasteiger partial charge >= 0.3 is 18.9 Å². The maximum absolute atomic E-state index is 11.7. The first-order chi connectivity index (χ1) is 7.96. The SMILES string of the molecule is C[N+](C)(C)C[C@](O)(CC(=O)[O-])C(=O)CCC(=O)[O-].[Li+]. The molecule has 0 aromatic heterocycles. The number of rotatable bonds is 8. The van der Waals surface area contributed by atoms with E-state index in [0.29, 0.717) is 0 Å². The van der Waals surface area contributed by atoms with Crippen LogP contribution in [0.25, 0.3) is 0 Å². The standard InChI is InChI=1S/C11H19NO6.Li/c1-12(2,3)7-11(18,6-10(16)17)8(13)4-5-9(14)15;/h18H,4-7H2,1-3H3,(H-,14,15,16,17);/q;+1/p-1/t11-;/m1./s1. The second-order valence-electron chi connectivity index (χ2n) is 5.32. The van der Waals surface area contributed by atoms with Crippen LogP contribution in [0.4, 0.5) is 0 Å². The van der Waals surface area contributed by atoms with E-state index < -0.39 is 42.6 Å². The quantitative estimate of drug-likeness (QED) is 0.345. The summed E-state index contributed by atoms with van der Waals surface area (Å²) in [5.41, 5.74) is -2.12. The fourth-order valence-electron chi connectivity index (χ4n) is 1.71. The van der Waals surface area contributed by atoms with Crippen LogP contribution in [0.1, 0.15) is 19.3 Å². The Morgan fingerprint density at radius 2 is 1.53 bits per heavy atom. The number of aliphatic hydroxyl groups is 1. The van der Waals surface area contributed by atoms with E-state index in [-0.39, 0.29) is 29.9 Å². The van der Waals surface area contributed by atoms with Crippen LogP contribution in [0, 0.1) is 0 Å². The van der Waals surface area contributed by atoms with E-state index in [2.05, 4.69) is 0 Å². The fraction of sp³-hybridized carbons (Fsp3) is 0.727. The summed E-state index contributed by atoms with van der Waals surface area (Å²) in [5.74, 6) is -3.82. The summed E-state index contributed by atoms with van der Waals surface area (Å²) >= 11 is 0. The molecule has 0 fully saturated rings. The molecule has 8 heteroatoms. The summed E-state index contributed by atoms with van der Waals surface area (Å²) in [5, 5.41) is 30.9. The van der Waals surface area contributed by atoms with E-state index in [9.17, 15) is 29.7 Å². The molecule has 0 spiro atoms. The third-order valence-electron chi connectivity index (χ3n) is 2.25. The maximum Gasteiger partial charge on any atom is 1.00 e. The molecule has 19 heavy (non-hydrogen) atoms. The Morgan fingerprint density at radius 3 is 1.84 bits per heavy atom. The van der Waals surface area contributed by atoms with Gasteiger partial charge in [-0.25, -0.2) is 0 Å². The molecular formula is C11H18LiNO6. The summed E-state index contributed by atoms with van der Waals surface area (Å²) in [6.07, 6.45) is -1.87. The van der Waals surface area contributed by atoms with Gasteiger partial charge in [-0.1, -0.05) is 0 Å². The first kappa shape index (κ1) is 20.4. The van der Waals surface area contributed by atoms with Crippen molar-refractivity contribution in [3.63, 3.8) is 0 Å². The molecule has 0 bridgehead atoms. The normalized spacial score (nSPS) is 14.1. The number of Topliss-reactive ketones (excluding diaryl/α,β-unsaturated/α-hetero) is 1. The van der Waals surface area contributed by atoms with Crippen LogP contribution in [-0.2, 0) is 14.4 Å². The number of carbonyl (C=O) groups is 3. The van der Waals surface area contributed by atoms with Crippen LogP contribution in [0.5, 0.6) is 0 Å². The number of nitrogens with zero attached hydrogens (tertiary/aromatic N) is 1. The van der Waals surface area contributed by atoms with E-state index in [1.165, 1.54) is 0 Å². The molecule has 0 unspecified atom stereocenters. The average Bonchev–Trinajstić information content (AvgIpc) is 2.09. The summed E-state index contributed by atoms with van der Waals surface area (Å²) in [6.45, 7) is -0.146. The molecule has 0 aliphatic heterocycles. The monoisotopic (exact) mass is 267 g/mol. The Labute approximate surface area is 124 Å². The molecule has 1 N–H and O–H groups in total. The van der Waals surface area contributed by atoms with Crippen LogP contribution < -0.4 is 29.1 Å². The van der Waals surface area contributed by atoms with Crippen LogP contribution >= 0.6 is 0 Å². The minimum Gasteiger partial charge on any atom is -0.550 e.